The number of halogens is 3. The standard InChI is InChI=1S/C23H18BrCl2N5OS2/c1-2-9-31-21(17-5-3-4-6-18(17)24)29-30-23(31)33-13-20(32)28-22-27-12-16(34-22)10-14-7-8-15(25)11-19(14)26/h2-8,11-12H,1,9-10,13H2,(H,27,28,32). The molecule has 0 aliphatic carbocycles. The summed E-state index contributed by atoms with van der Waals surface area (Å²) in [6, 6.07) is 13.2. The van der Waals surface area contributed by atoms with Crippen LogP contribution in [0.5, 0.6) is 0 Å². The predicted molar refractivity (Wildman–Crippen MR) is 144 cm³/mol. The highest BCUT2D eigenvalue weighted by Gasteiger charge is 2.17. The molecular formula is C23H18BrCl2N5OS2. The van der Waals surface area contributed by atoms with Gasteiger partial charge in [0, 0.05) is 44.1 Å². The third kappa shape index (κ3) is 6.09. The van der Waals surface area contributed by atoms with E-state index >= 15 is 0 Å². The highest BCUT2D eigenvalue weighted by atomic mass is 79.9. The topological polar surface area (TPSA) is 72.7 Å². The fourth-order valence-corrected chi connectivity index (χ4v) is 5.65. The van der Waals surface area contributed by atoms with Gasteiger partial charge in [-0.15, -0.1) is 28.1 Å². The second kappa shape index (κ2) is 11.5. The first kappa shape index (κ1) is 24.9. The first-order valence-electron chi connectivity index (χ1n) is 10.0. The number of aromatic nitrogens is 4. The zero-order valence-corrected chi connectivity index (χ0v) is 22.4. The highest BCUT2D eigenvalue weighted by molar-refractivity contribution is 9.10. The molecule has 34 heavy (non-hydrogen) atoms. The molecule has 0 spiro atoms. The van der Waals surface area contributed by atoms with Gasteiger partial charge in [-0.25, -0.2) is 4.98 Å². The van der Waals surface area contributed by atoms with Gasteiger partial charge < -0.3 is 5.32 Å². The number of thioether (sulfide) groups is 1. The van der Waals surface area contributed by atoms with E-state index in [9.17, 15) is 4.79 Å². The van der Waals surface area contributed by atoms with Crippen LogP contribution in [-0.4, -0.2) is 31.4 Å². The van der Waals surface area contributed by atoms with Crippen LogP contribution in [0.4, 0.5) is 5.13 Å². The Bertz CT molecular complexity index is 1340. The van der Waals surface area contributed by atoms with Crippen LogP contribution < -0.4 is 5.32 Å². The lowest BCUT2D eigenvalue weighted by Gasteiger charge is -2.08. The molecule has 0 atom stereocenters. The van der Waals surface area contributed by atoms with Crippen molar-refractivity contribution in [3.05, 3.63) is 86.3 Å². The number of nitrogens with one attached hydrogen (secondary N) is 1. The monoisotopic (exact) mass is 593 g/mol. The number of hydrogen-bond donors (Lipinski definition) is 1. The Hall–Kier alpha value is -2.17. The minimum absolute atomic E-state index is 0.170. The Morgan fingerprint density at radius 1 is 1.24 bits per heavy atom. The molecule has 0 saturated heterocycles. The van der Waals surface area contributed by atoms with Crippen LogP contribution in [0.1, 0.15) is 10.4 Å². The largest absolute Gasteiger partial charge is 0.301 e. The van der Waals surface area contributed by atoms with E-state index in [4.69, 9.17) is 23.2 Å². The molecule has 1 N–H and O–H groups in total. The molecule has 11 heteroatoms. The van der Waals surface area contributed by atoms with Crippen molar-refractivity contribution >= 4 is 73.3 Å². The van der Waals surface area contributed by atoms with Crippen molar-refractivity contribution in [2.45, 2.75) is 18.1 Å². The van der Waals surface area contributed by atoms with E-state index in [1.54, 1.807) is 24.4 Å². The smallest absolute Gasteiger partial charge is 0.236 e. The Balaban J connectivity index is 1.39. The van der Waals surface area contributed by atoms with Gasteiger partial charge in [0.25, 0.3) is 0 Å². The summed E-state index contributed by atoms with van der Waals surface area (Å²) < 4.78 is 2.85. The van der Waals surface area contributed by atoms with Crippen molar-refractivity contribution in [3.63, 3.8) is 0 Å². The van der Waals surface area contributed by atoms with Crippen molar-refractivity contribution in [2.24, 2.45) is 0 Å². The van der Waals surface area contributed by atoms with Crippen molar-refractivity contribution in [1.29, 1.82) is 0 Å². The van der Waals surface area contributed by atoms with Gasteiger partial charge >= 0.3 is 0 Å². The van der Waals surface area contributed by atoms with Crippen LogP contribution in [0, 0.1) is 0 Å². The summed E-state index contributed by atoms with van der Waals surface area (Å²) >= 11 is 18.5. The van der Waals surface area contributed by atoms with Crippen LogP contribution in [0.15, 0.2) is 70.9 Å². The predicted octanol–water partition coefficient (Wildman–Crippen LogP) is 6.98. The zero-order valence-electron chi connectivity index (χ0n) is 17.7. The zero-order chi connectivity index (χ0) is 24.1. The normalized spacial score (nSPS) is 10.9. The molecule has 0 aliphatic rings. The Kier molecular flexibility index (Phi) is 8.44. The maximum atomic E-state index is 12.6. The first-order chi connectivity index (χ1) is 16.4. The number of carbonyl (C=O) groups is 1. The van der Waals surface area contributed by atoms with Gasteiger partial charge in [-0.05, 0) is 23.8 Å². The molecule has 0 saturated carbocycles. The average molecular weight is 595 g/mol. The molecule has 4 rings (SSSR count). The number of rotatable bonds is 9. The fraction of sp³-hybridized carbons (Fsp3) is 0.130. The van der Waals surface area contributed by atoms with Crippen molar-refractivity contribution in [3.8, 4) is 11.4 Å². The second-order valence-corrected chi connectivity index (χ2v) is 10.8. The molecule has 6 nitrogen and oxygen atoms in total. The van der Waals surface area contributed by atoms with Gasteiger partial charge in [0.2, 0.25) is 5.91 Å². The molecule has 0 aliphatic heterocycles. The average Bonchev–Trinajstić information content (AvgIpc) is 3.41. The summed E-state index contributed by atoms with van der Waals surface area (Å²) in [5.74, 6) is 0.704. The van der Waals surface area contributed by atoms with E-state index in [1.165, 1.54) is 23.1 Å². The number of nitrogens with zero attached hydrogens (tertiary/aromatic N) is 4. The molecule has 0 radical (unpaired) electrons. The molecule has 174 valence electrons. The van der Waals surface area contributed by atoms with Crippen molar-refractivity contribution < 1.29 is 4.79 Å². The lowest BCUT2D eigenvalue weighted by molar-refractivity contribution is -0.113. The number of thiazole rings is 1. The molecule has 2 heterocycles. The summed E-state index contributed by atoms with van der Waals surface area (Å²) in [6.45, 7) is 4.35. The van der Waals surface area contributed by atoms with Crippen LogP contribution in [0.3, 0.4) is 0 Å². The fourth-order valence-electron chi connectivity index (χ4n) is 3.12. The van der Waals surface area contributed by atoms with Crippen molar-refractivity contribution in [2.75, 3.05) is 11.1 Å². The number of benzene rings is 2. The van der Waals surface area contributed by atoms with Gasteiger partial charge in [-0.1, -0.05) is 81.2 Å². The third-order valence-corrected chi connectivity index (χ3v) is 7.81. The number of amides is 1. The van der Waals surface area contributed by atoms with Crippen LogP contribution in [0.25, 0.3) is 11.4 Å². The van der Waals surface area contributed by atoms with E-state index in [-0.39, 0.29) is 11.7 Å². The Labute approximate surface area is 223 Å². The maximum Gasteiger partial charge on any atom is 0.236 e. The van der Waals surface area contributed by atoms with E-state index in [0.29, 0.717) is 39.1 Å². The van der Waals surface area contributed by atoms with E-state index < -0.39 is 0 Å². The second-order valence-electron chi connectivity index (χ2n) is 7.07. The quantitative estimate of drug-likeness (QED) is 0.167. The molecule has 2 aromatic carbocycles. The molecule has 4 aromatic rings. The third-order valence-electron chi connectivity index (χ3n) is 4.66. The molecule has 0 bridgehead atoms. The van der Waals surface area contributed by atoms with Gasteiger partial charge in [-0.3, -0.25) is 9.36 Å². The molecule has 1 amide bonds. The van der Waals surface area contributed by atoms with Crippen LogP contribution in [0.2, 0.25) is 10.0 Å². The molecular weight excluding hydrogens is 577 g/mol. The summed E-state index contributed by atoms with van der Waals surface area (Å²) in [5, 5.41) is 13.8. The van der Waals surface area contributed by atoms with Crippen LogP contribution >= 0.6 is 62.2 Å². The minimum Gasteiger partial charge on any atom is -0.301 e. The SMILES string of the molecule is C=CCn1c(SCC(=O)Nc2ncc(Cc3ccc(Cl)cc3Cl)s2)nnc1-c1ccccc1Br. The number of carbonyl (C=O) groups excluding carboxylic acids is 1. The summed E-state index contributed by atoms with van der Waals surface area (Å²) in [5.41, 5.74) is 1.87. The van der Waals surface area contributed by atoms with Gasteiger partial charge in [0.15, 0.2) is 16.1 Å². The van der Waals surface area contributed by atoms with Gasteiger partial charge in [-0.2, -0.15) is 0 Å². The van der Waals surface area contributed by atoms with Crippen LogP contribution in [-0.2, 0) is 17.8 Å². The summed E-state index contributed by atoms with van der Waals surface area (Å²) in [7, 11) is 0. The Morgan fingerprint density at radius 3 is 2.82 bits per heavy atom. The molecule has 0 fully saturated rings. The molecule has 2 aromatic heterocycles. The van der Waals surface area contributed by atoms with Crippen molar-refractivity contribution in [1.82, 2.24) is 19.7 Å². The summed E-state index contributed by atoms with van der Waals surface area (Å²) in [6.07, 6.45) is 4.13. The van der Waals surface area contributed by atoms with E-state index in [2.05, 4.69) is 43.0 Å². The van der Waals surface area contributed by atoms with E-state index in [1.807, 2.05) is 34.9 Å². The lowest BCUT2D eigenvalue weighted by Crippen LogP contribution is -2.14. The number of anilines is 1. The lowest BCUT2D eigenvalue weighted by atomic mass is 10.1. The molecule has 0 unspecified atom stereocenters. The minimum atomic E-state index is -0.175. The number of hydrogen-bond acceptors (Lipinski definition) is 6. The van der Waals surface area contributed by atoms with E-state index in [0.717, 1.165) is 20.5 Å². The number of allylic oxidation sites excluding steroid dienone is 1. The maximum absolute atomic E-state index is 12.6. The van der Waals surface area contributed by atoms with Gasteiger partial charge in [0.1, 0.15) is 0 Å². The first-order valence-corrected chi connectivity index (χ1v) is 13.4. The Morgan fingerprint density at radius 2 is 2.06 bits per heavy atom. The summed E-state index contributed by atoms with van der Waals surface area (Å²) in [4.78, 5) is 17.9. The van der Waals surface area contributed by atoms with Gasteiger partial charge in [0.05, 0.1) is 5.75 Å². The highest BCUT2D eigenvalue weighted by Crippen LogP contribution is 2.30.